The Hall–Kier alpha value is -2.38. The summed E-state index contributed by atoms with van der Waals surface area (Å²) in [4.78, 5) is 14.6. The highest BCUT2D eigenvalue weighted by atomic mass is 32.2. The van der Waals surface area contributed by atoms with Crippen LogP contribution in [0.4, 0.5) is 5.69 Å². The van der Waals surface area contributed by atoms with Crippen LogP contribution in [0.5, 0.6) is 0 Å². The molecule has 3 rings (SSSR count). The monoisotopic (exact) mass is 388 g/mol. The number of hydrogen-bond donors (Lipinski definition) is 1. The van der Waals surface area contributed by atoms with Gasteiger partial charge in [0, 0.05) is 18.7 Å². The first-order valence-electron chi connectivity index (χ1n) is 8.89. The summed E-state index contributed by atoms with van der Waals surface area (Å²) in [6.45, 7) is 6.76. The molecule has 0 spiro atoms. The zero-order chi connectivity index (χ0) is 19.6. The van der Waals surface area contributed by atoms with E-state index in [4.69, 9.17) is 4.74 Å². The molecule has 2 aromatic rings. The molecule has 0 aliphatic carbocycles. The molecule has 144 valence electrons. The topological polar surface area (TPSA) is 75.7 Å². The lowest BCUT2D eigenvalue weighted by Crippen LogP contribution is -2.48. The Morgan fingerprint density at radius 1 is 1.04 bits per heavy atom. The van der Waals surface area contributed by atoms with Gasteiger partial charge in [-0.2, -0.15) is 0 Å². The van der Waals surface area contributed by atoms with E-state index < -0.39 is 10.0 Å². The summed E-state index contributed by atoms with van der Waals surface area (Å²) < 4.78 is 33.4. The van der Waals surface area contributed by atoms with E-state index in [2.05, 4.69) is 4.72 Å². The molecule has 2 aromatic carbocycles. The molecule has 2 atom stereocenters. The minimum absolute atomic E-state index is 0.0179. The Kier molecular flexibility index (Phi) is 5.53. The van der Waals surface area contributed by atoms with Crippen molar-refractivity contribution in [1.29, 1.82) is 0 Å². The van der Waals surface area contributed by atoms with E-state index in [0.29, 0.717) is 24.3 Å². The lowest BCUT2D eigenvalue weighted by molar-refractivity contribution is -0.0586. The number of carbonyl (C=O) groups is 1. The zero-order valence-electron chi connectivity index (χ0n) is 15.7. The average molecular weight is 388 g/mol. The van der Waals surface area contributed by atoms with E-state index in [-0.39, 0.29) is 23.0 Å². The normalized spacial score (nSPS) is 20.3. The molecule has 0 aromatic heterocycles. The number of ether oxygens (including phenoxy) is 1. The molecule has 1 heterocycles. The van der Waals surface area contributed by atoms with Gasteiger partial charge in [0.2, 0.25) is 0 Å². The van der Waals surface area contributed by atoms with E-state index in [1.165, 1.54) is 12.1 Å². The molecule has 1 N–H and O–H groups in total. The van der Waals surface area contributed by atoms with Crippen LogP contribution in [-0.2, 0) is 14.8 Å². The molecule has 0 bridgehead atoms. The van der Waals surface area contributed by atoms with Crippen LogP contribution in [0.3, 0.4) is 0 Å². The number of amides is 1. The second-order valence-electron chi connectivity index (χ2n) is 6.91. The Balaban J connectivity index is 1.76. The average Bonchev–Trinajstić information content (AvgIpc) is 2.62. The molecule has 1 aliphatic rings. The van der Waals surface area contributed by atoms with Crippen LogP contribution in [0, 0.1) is 6.92 Å². The third kappa shape index (κ3) is 4.48. The van der Waals surface area contributed by atoms with Crippen LogP contribution < -0.4 is 4.72 Å². The number of carbonyl (C=O) groups excluding carboxylic acids is 1. The van der Waals surface area contributed by atoms with Crippen LogP contribution in [-0.4, -0.2) is 44.5 Å². The highest BCUT2D eigenvalue weighted by Gasteiger charge is 2.27. The highest BCUT2D eigenvalue weighted by molar-refractivity contribution is 7.92. The van der Waals surface area contributed by atoms with Gasteiger partial charge in [0.05, 0.1) is 22.8 Å². The fraction of sp³-hybridized carbons (Fsp3) is 0.350. The van der Waals surface area contributed by atoms with Crippen molar-refractivity contribution in [3.05, 3.63) is 59.7 Å². The van der Waals surface area contributed by atoms with Crippen molar-refractivity contribution in [2.45, 2.75) is 37.9 Å². The second kappa shape index (κ2) is 7.70. The van der Waals surface area contributed by atoms with Gasteiger partial charge in [0.15, 0.2) is 0 Å². The maximum atomic E-state index is 12.7. The predicted molar refractivity (Wildman–Crippen MR) is 104 cm³/mol. The van der Waals surface area contributed by atoms with Gasteiger partial charge in [-0.15, -0.1) is 0 Å². The number of nitrogens with one attached hydrogen (secondary N) is 1. The molecule has 1 aliphatic heterocycles. The summed E-state index contributed by atoms with van der Waals surface area (Å²) in [5.41, 5.74) is 1.84. The summed E-state index contributed by atoms with van der Waals surface area (Å²) in [6.07, 6.45) is -0.0358. The van der Waals surface area contributed by atoms with Crippen LogP contribution in [0.1, 0.15) is 29.8 Å². The largest absolute Gasteiger partial charge is 0.372 e. The van der Waals surface area contributed by atoms with E-state index >= 15 is 0 Å². The van der Waals surface area contributed by atoms with Gasteiger partial charge in [-0.1, -0.05) is 18.2 Å². The Bertz CT molecular complexity index is 915. The predicted octanol–water partition coefficient (Wildman–Crippen LogP) is 3.05. The van der Waals surface area contributed by atoms with Crippen molar-refractivity contribution in [2.75, 3.05) is 17.8 Å². The highest BCUT2D eigenvalue weighted by Crippen LogP contribution is 2.20. The maximum Gasteiger partial charge on any atom is 0.261 e. The third-order valence-electron chi connectivity index (χ3n) is 4.51. The smallest absolute Gasteiger partial charge is 0.261 e. The molecule has 0 unspecified atom stereocenters. The fourth-order valence-electron chi connectivity index (χ4n) is 3.19. The molecule has 0 radical (unpaired) electrons. The number of benzene rings is 2. The summed E-state index contributed by atoms with van der Waals surface area (Å²) in [5, 5.41) is 0. The van der Waals surface area contributed by atoms with Crippen molar-refractivity contribution < 1.29 is 17.9 Å². The Morgan fingerprint density at radius 2 is 1.63 bits per heavy atom. The van der Waals surface area contributed by atoms with E-state index in [0.717, 1.165) is 5.56 Å². The standard InChI is InChI=1S/C20H24N2O4S/c1-14-6-4-5-7-19(14)21-27(24,25)18-10-8-17(9-11-18)20(23)22-12-15(2)26-16(3)13-22/h4-11,15-16,21H,12-13H2,1-3H3/t15-,16+. The van der Waals surface area contributed by atoms with E-state index in [1.807, 2.05) is 32.9 Å². The molecule has 27 heavy (non-hydrogen) atoms. The number of aryl methyl sites for hydroxylation is 1. The molecular formula is C20H24N2O4S. The molecule has 1 saturated heterocycles. The van der Waals surface area contributed by atoms with Crippen LogP contribution in [0.15, 0.2) is 53.4 Å². The molecule has 0 saturated carbocycles. The van der Waals surface area contributed by atoms with Gasteiger partial charge in [-0.3, -0.25) is 9.52 Å². The summed E-state index contributed by atoms with van der Waals surface area (Å²) in [6, 6.07) is 13.2. The van der Waals surface area contributed by atoms with Crippen LogP contribution in [0.25, 0.3) is 0 Å². The molecule has 1 amide bonds. The second-order valence-corrected chi connectivity index (χ2v) is 8.59. The van der Waals surface area contributed by atoms with Gasteiger partial charge in [0.25, 0.3) is 15.9 Å². The minimum Gasteiger partial charge on any atom is -0.372 e. The van der Waals surface area contributed by atoms with Crippen molar-refractivity contribution in [1.82, 2.24) is 4.90 Å². The number of rotatable bonds is 4. The quantitative estimate of drug-likeness (QED) is 0.873. The Labute approximate surface area is 160 Å². The first-order chi connectivity index (χ1) is 12.8. The number of para-hydroxylation sites is 1. The maximum absolute atomic E-state index is 12.7. The minimum atomic E-state index is -3.72. The van der Waals surface area contributed by atoms with Crippen LogP contribution in [0.2, 0.25) is 0 Å². The van der Waals surface area contributed by atoms with Crippen molar-refractivity contribution >= 4 is 21.6 Å². The first kappa shape index (κ1) is 19.4. The summed E-state index contributed by atoms with van der Waals surface area (Å²) in [5.74, 6) is -0.118. The lowest BCUT2D eigenvalue weighted by atomic mass is 10.1. The van der Waals surface area contributed by atoms with E-state index in [9.17, 15) is 13.2 Å². The number of nitrogens with zero attached hydrogens (tertiary/aromatic N) is 1. The number of sulfonamides is 1. The molecule has 7 heteroatoms. The number of anilines is 1. The Morgan fingerprint density at radius 3 is 2.22 bits per heavy atom. The molecular weight excluding hydrogens is 364 g/mol. The van der Waals surface area contributed by atoms with Crippen LogP contribution >= 0.6 is 0 Å². The lowest BCUT2D eigenvalue weighted by Gasteiger charge is -2.35. The first-order valence-corrected chi connectivity index (χ1v) is 10.4. The number of morpholine rings is 1. The summed E-state index contributed by atoms with van der Waals surface area (Å²) in [7, 11) is -3.72. The van der Waals surface area contributed by atoms with Crippen molar-refractivity contribution in [3.8, 4) is 0 Å². The SMILES string of the molecule is Cc1ccccc1NS(=O)(=O)c1ccc(C(=O)N2C[C@@H](C)O[C@@H](C)C2)cc1. The molecule has 1 fully saturated rings. The fourth-order valence-corrected chi connectivity index (χ4v) is 4.32. The van der Waals surface area contributed by atoms with Gasteiger partial charge in [0.1, 0.15) is 0 Å². The third-order valence-corrected chi connectivity index (χ3v) is 5.89. The molecule has 6 nitrogen and oxygen atoms in total. The summed E-state index contributed by atoms with van der Waals surface area (Å²) >= 11 is 0. The van der Waals surface area contributed by atoms with Gasteiger partial charge < -0.3 is 9.64 Å². The van der Waals surface area contributed by atoms with Gasteiger partial charge in [-0.05, 0) is 56.7 Å². The van der Waals surface area contributed by atoms with Crippen molar-refractivity contribution in [2.24, 2.45) is 0 Å². The van der Waals surface area contributed by atoms with Crippen molar-refractivity contribution in [3.63, 3.8) is 0 Å². The number of hydrogen-bond acceptors (Lipinski definition) is 4. The zero-order valence-corrected chi connectivity index (χ0v) is 16.5. The van der Waals surface area contributed by atoms with Gasteiger partial charge >= 0.3 is 0 Å². The van der Waals surface area contributed by atoms with Gasteiger partial charge in [-0.25, -0.2) is 8.42 Å². The van der Waals surface area contributed by atoms with E-state index in [1.54, 1.807) is 29.2 Å².